The fraction of sp³-hybridized carbons (Fsp3) is 0.318. The van der Waals surface area contributed by atoms with Gasteiger partial charge in [0.15, 0.2) is 23.3 Å². The van der Waals surface area contributed by atoms with Crippen molar-refractivity contribution in [1.29, 1.82) is 0 Å². The standard InChI is InChI=1S/C22H23ClFN9O2/c1-11(27-18(34)19-30-20(32-35-19)22(2,3)4)12-6-7-13(16(24)15(12)23)17-25-10-26-21(29-17)28-14-8-9-33(5)31-14/h6-11H,1-5H3,(H,27,34)(H,25,26,28,29,31). The molecule has 4 aromatic rings. The van der Waals surface area contributed by atoms with Crippen LogP contribution >= 0.6 is 11.6 Å². The summed E-state index contributed by atoms with van der Waals surface area (Å²) in [4.78, 5) is 29.0. The average Bonchev–Trinajstić information content (AvgIpc) is 3.45. The zero-order valence-electron chi connectivity index (χ0n) is 19.7. The molecule has 3 aromatic heterocycles. The average molecular weight is 500 g/mol. The second kappa shape index (κ2) is 9.37. The van der Waals surface area contributed by atoms with Crippen molar-refractivity contribution in [2.75, 3.05) is 5.32 Å². The van der Waals surface area contributed by atoms with Crippen LogP contribution in [0.15, 0.2) is 35.2 Å². The van der Waals surface area contributed by atoms with Crippen molar-refractivity contribution in [2.45, 2.75) is 39.2 Å². The number of amides is 1. The predicted octanol–water partition coefficient (Wildman–Crippen LogP) is 3.98. The van der Waals surface area contributed by atoms with Gasteiger partial charge in [-0.3, -0.25) is 9.48 Å². The minimum Gasteiger partial charge on any atom is -0.341 e. The highest BCUT2D eigenvalue weighted by molar-refractivity contribution is 6.31. The van der Waals surface area contributed by atoms with E-state index in [4.69, 9.17) is 16.1 Å². The molecule has 1 unspecified atom stereocenters. The first kappa shape index (κ1) is 24.2. The van der Waals surface area contributed by atoms with Gasteiger partial charge in [-0.15, -0.1) is 0 Å². The summed E-state index contributed by atoms with van der Waals surface area (Å²) in [7, 11) is 1.78. The van der Waals surface area contributed by atoms with Crippen LogP contribution in [-0.2, 0) is 12.5 Å². The Kier molecular flexibility index (Phi) is 6.48. The lowest BCUT2D eigenvalue weighted by molar-refractivity contribution is 0.0895. The van der Waals surface area contributed by atoms with Crippen molar-refractivity contribution in [2.24, 2.45) is 7.05 Å². The lowest BCUT2D eigenvalue weighted by atomic mass is 9.96. The van der Waals surface area contributed by atoms with Crippen LogP contribution in [0.1, 0.15) is 55.8 Å². The summed E-state index contributed by atoms with van der Waals surface area (Å²) < 4.78 is 21.9. The Balaban J connectivity index is 1.53. The van der Waals surface area contributed by atoms with E-state index in [9.17, 15) is 4.79 Å². The molecule has 2 N–H and O–H groups in total. The molecule has 0 aliphatic carbocycles. The highest BCUT2D eigenvalue weighted by atomic mass is 35.5. The number of carbonyl (C=O) groups is 1. The fourth-order valence-corrected chi connectivity index (χ4v) is 3.44. The van der Waals surface area contributed by atoms with Gasteiger partial charge in [-0.05, 0) is 18.6 Å². The summed E-state index contributed by atoms with van der Waals surface area (Å²) in [5.74, 6) is -0.299. The summed E-state index contributed by atoms with van der Waals surface area (Å²) >= 11 is 6.33. The lowest BCUT2D eigenvalue weighted by Crippen LogP contribution is -2.27. The van der Waals surface area contributed by atoms with Crippen LogP contribution in [0, 0.1) is 5.82 Å². The van der Waals surface area contributed by atoms with Crippen LogP contribution in [0.3, 0.4) is 0 Å². The third kappa shape index (κ3) is 5.27. The minimum absolute atomic E-state index is 0.0791. The molecule has 4 rings (SSSR count). The molecular formula is C22H23ClFN9O2. The van der Waals surface area contributed by atoms with Crippen molar-refractivity contribution in [3.63, 3.8) is 0 Å². The molecule has 35 heavy (non-hydrogen) atoms. The normalized spacial score (nSPS) is 12.4. The van der Waals surface area contributed by atoms with E-state index < -0.39 is 17.8 Å². The van der Waals surface area contributed by atoms with E-state index in [1.165, 1.54) is 12.4 Å². The van der Waals surface area contributed by atoms with Gasteiger partial charge in [0.25, 0.3) is 0 Å². The molecule has 0 saturated carbocycles. The highest BCUT2D eigenvalue weighted by Crippen LogP contribution is 2.32. The smallest absolute Gasteiger partial charge is 0.315 e. The van der Waals surface area contributed by atoms with Gasteiger partial charge >= 0.3 is 11.8 Å². The molecule has 0 saturated heterocycles. The monoisotopic (exact) mass is 499 g/mol. The number of rotatable bonds is 6. The van der Waals surface area contributed by atoms with Crippen molar-refractivity contribution >= 4 is 29.3 Å². The van der Waals surface area contributed by atoms with Crippen LogP contribution in [0.2, 0.25) is 5.02 Å². The Morgan fingerprint density at radius 3 is 2.63 bits per heavy atom. The molecule has 0 radical (unpaired) electrons. The molecule has 0 bridgehead atoms. The van der Waals surface area contributed by atoms with Crippen LogP contribution in [0.25, 0.3) is 11.4 Å². The number of aryl methyl sites for hydroxylation is 1. The first-order valence-corrected chi connectivity index (χ1v) is 11.0. The van der Waals surface area contributed by atoms with Crippen LogP contribution in [0.5, 0.6) is 0 Å². The summed E-state index contributed by atoms with van der Waals surface area (Å²) in [5.41, 5.74) is 0.0611. The fourth-order valence-electron chi connectivity index (χ4n) is 3.11. The second-order valence-corrected chi connectivity index (χ2v) is 9.21. The zero-order chi connectivity index (χ0) is 25.3. The number of carbonyl (C=O) groups excluding carboxylic acids is 1. The first-order valence-electron chi connectivity index (χ1n) is 10.6. The lowest BCUT2D eigenvalue weighted by Gasteiger charge is -2.16. The molecule has 0 fully saturated rings. The maximum absolute atomic E-state index is 15.2. The maximum atomic E-state index is 15.2. The molecule has 1 amide bonds. The summed E-state index contributed by atoms with van der Waals surface area (Å²) in [6.07, 6.45) is 3.01. The van der Waals surface area contributed by atoms with Crippen molar-refractivity contribution < 1.29 is 13.7 Å². The first-order chi connectivity index (χ1) is 16.5. The van der Waals surface area contributed by atoms with Gasteiger partial charge in [-0.1, -0.05) is 43.6 Å². The molecule has 0 aliphatic heterocycles. The van der Waals surface area contributed by atoms with Gasteiger partial charge in [-0.25, -0.2) is 14.4 Å². The molecule has 1 aromatic carbocycles. The Morgan fingerprint density at radius 2 is 1.97 bits per heavy atom. The van der Waals surface area contributed by atoms with Crippen LogP contribution in [0.4, 0.5) is 16.2 Å². The summed E-state index contributed by atoms with van der Waals surface area (Å²) in [6.45, 7) is 7.36. The number of hydrogen-bond donors (Lipinski definition) is 2. The van der Waals surface area contributed by atoms with E-state index in [-0.39, 0.29) is 33.7 Å². The van der Waals surface area contributed by atoms with Crippen LogP contribution in [-0.4, -0.2) is 40.8 Å². The Hall–Kier alpha value is -3.93. The molecule has 3 heterocycles. The topological polar surface area (TPSA) is 137 Å². The molecular weight excluding hydrogens is 477 g/mol. The zero-order valence-corrected chi connectivity index (χ0v) is 20.4. The predicted molar refractivity (Wildman–Crippen MR) is 126 cm³/mol. The number of nitrogens with one attached hydrogen (secondary N) is 2. The van der Waals surface area contributed by atoms with Gasteiger partial charge in [0.05, 0.1) is 16.6 Å². The van der Waals surface area contributed by atoms with Crippen LogP contribution < -0.4 is 10.6 Å². The maximum Gasteiger partial charge on any atom is 0.315 e. The van der Waals surface area contributed by atoms with Gasteiger partial charge in [-0.2, -0.15) is 15.1 Å². The van der Waals surface area contributed by atoms with E-state index in [2.05, 4.69) is 40.8 Å². The number of benzene rings is 1. The summed E-state index contributed by atoms with van der Waals surface area (Å²) in [6, 6.07) is 4.17. The van der Waals surface area contributed by atoms with E-state index in [1.54, 1.807) is 37.0 Å². The van der Waals surface area contributed by atoms with E-state index in [0.717, 1.165) is 0 Å². The van der Waals surface area contributed by atoms with Crippen molar-refractivity contribution in [3.8, 4) is 11.4 Å². The van der Waals surface area contributed by atoms with Gasteiger partial charge < -0.3 is 15.2 Å². The number of nitrogens with zero attached hydrogens (tertiary/aromatic N) is 7. The minimum atomic E-state index is -0.729. The molecule has 0 aliphatic rings. The molecule has 11 nitrogen and oxygen atoms in total. The largest absolute Gasteiger partial charge is 0.341 e. The number of hydrogen-bond acceptors (Lipinski definition) is 9. The molecule has 182 valence electrons. The van der Waals surface area contributed by atoms with E-state index in [0.29, 0.717) is 17.2 Å². The third-order valence-electron chi connectivity index (χ3n) is 4.98. The van der Waals surface area contributed by atoms with Crippen molar-refractivity contribution in [3.05, 3.63) is 58.8 Å². The van der Waals surface area contributed by atoms with E-state index >= 15 is 4.39 Å². The Bertz CT molecular complexity index is 1380. The number of anilines is 2. The van der Waals surface area contributed by atoms with Gasteiger partial charge in [0.1, 0.15) is 6.33 Å². The second-order valence-electron chi connectivity index (χ2n) is 8.83. The van der Waals surface area contributed by atoms with Gasteiger partial charge in [0.2, 0.25) is 5.95 Å². The number of halogens is 2. The number of aromatic nitrogens is 7. The third-order valence-corrected chi connectivity index (χ3v) is 5.37. The molecule has 0 spiro atoms. The van der Waals surface area contributed by atoms with Gasteiger partial charge in [0, 0.05) is 24.7 Å². The molecule has 1 atom stereocenters. The quantitative estimate of drug-likeness (QED) is 0.403. The Labute approximate surface area is 205 Å². The molecule has 13 heteroatoms. The Morgan fingerprint density at radius 1 is 1.20 bits per heavy atom. The van der Waals surface area contributed by atoms with Crippen molar-refractivity contribution in [1.82, 2.24) is 40.2 Å². The van der Waals surface area contributed by atoms with E-state index in [1.807, 2.05) is 20.8 Å². The highest BCUT2D eigenvalue weighted by Gasteiger charge is 2.26. The SMILES string of the molecule is CC(NC(=O)c1nc(C(C)(C)C)no1)c1ccc(-c2ncnc(Nc3ccn(C)n3)n2)c(F)c1Cl. The summed E-state index contributed by atoms with van der Waals surface area (Å²) in [5, 5.41) is 13.5.